The van der Waals surface area contributed by atoms with Crippen molar-refractivity contribution in [1.29, 1.82) is 0 Å². The third kappa shape index (κ3) is 2.71. The lowest BCUT2D eigenvalue weighted by Gasteiger charge is -2.40. The second-order valence-corrected chi connectivity index (χ2v) is 5.64. The molecule has 5 nitrogen and oxygen atoms in total. The van der Waals surface area contributed by atoms with Crippen LogP contribution in [0.2, 0.25) is 0 Å². The highest BCUT2D eigenvalue weighted by Crippen LogP contribution is 2.37. The van der Waals surface area contributed by atoms with Crippen LogP contribution in [0.3, 0.4) is 0 Å². The van der Waals surface area contributed by atoms with Crippen LogP contribution < -0.4 is 4.90 Å². The second-order valence-electron chi connectivity index (χ2n) is 5.64. The van der Waals surface area contributed by atoms with Gasteiger partial charge in [-0.2, -0.15) is 0 Å². The van der Waals surface area contributed by atoms with Crippen LogP contribution >= 0.6 is 0 Å². The van der Waals surface area contributed by atoms with Gasteiger partial charge in [-0.3, -0.25) is 9.69 Å². The molecule has 0 N–H and O–H groups in total. The van der Waals surface area contributed by atoms with E-state index >= 15 is 0 Å². The van der Waals surface area contributed by atoms with Crippen molar-refractivity contribution in [3.63, 3.8) is 0 Å². The van der Waals surface area contributed by atoms with Crippen LogP contribution in [0, 0.1) is 5.41 Å². The van der Waals surface area contributed by atoms with Crippen LogP contribution in [-0.4, -0.2) is 31.8 Å². The highest BCUT2D eigenvalue weighted by atomic mass is 16.6. The molecular formula is C17H21NO4. The molecule has 0 saturated carbocycles. The molecule has 1 amide bonds. The number of esters is 1. The first-order chi connectivity index (χ1) is 10.4. The number of nitrogens with zero attached hydrogens (tertiary/aromatic N) is 1. The molecule has 5 heteroatoms. The molecule has 1 heterocycles. The zero-order valence-corrected chi connectivity index (χ0v) is 13.3. The van der Waals surface area contributed by atoms with Crippen molar-refractivity contribution in [1.82, 2.24) is 0 Å². The number of hydrogen-bond donors (Lipinski definition) is 0. The predicted octanol–water partition coefficient (Wildman–Crippen LogP) is 3.24. The Bertz CT molecular complexity index is 606. The molecule has 0 aromatic heterocycles. The molecule has 22 heavy (non-hydrogen) atoms. The number of anilines is 1. The molecule has 0 spiro atoms. The maximum absolute atomic E-state index is 12.4. The van der Waals surface area contributed by atoms with Gasteiger partial charge in [0.25, 0.3) is 0 Å². The second kappa shape index (κ2) is 6.22. The Kier molecular flexibility index (Phi) is 4.54. The van der Waals surface area contributed by atoms with E-state index in [1.807, 2.05) is 36.4 Å². The van der Waals surface area contributed by atoms with E-state index in [-0.39, 0.29) is 12.6 Å². The first-order valence-corrected chi connectivity index (χ1v) is 7.25. The molecule has 0 aliphatic carbocycles. The van der Waals surface area contributed by atoms with Crippen LogP contribution in [0.1, 0.15) is 26.3 Å². The molecule has 1 aliphatic rings. The van der Waals surface area contributed by atoms with E-state index in [1.54, 1.807) is 20.8 Å². The van der Waals surface area contributed by atoms with Crippen LogP contribution in [0.4, 0.5) is 10.5 Å². The van der Waals surface area contributed by atoms with Gasteiger partial charge in [0.1, 0.15) is 0 Å². The zero-order valence-electron chi connectivity index (χ0n) is 13.3. The van der Waals surface area contributed by atoms with E-state index in [1.165, 1.54) is 12.0 Å². The minimum absolute atomic E-state index is 0.270. The third-order valence-corrected chi connectivity index (χ3v) is 3.85. The number of rotatable bonds is 3. The summed E-state index contributed by atoms with van der Waals surface area (Å²) in [6.07, 6.45) is 3.29. The van der Waals surface area contributed by atoms with Gasteiger partial charge in [-0.25, -0.2) is 4.79 Å². The number of carbonyl (C=O) groups is 2. The number of carbonyl (C=O) groups excluding carboxylic acids is 2. The predicted molar refractivity (Wildman–Crippen MR) is 84.6 cm³/mol. The standard InChI is InChI=1S/C17H21NO4/c1-5-22-16(20)18-13-9-7-6-8-12(13)10-11-14(18)17(2,3)15(19)21-4/h6-11,14H,5H2,1-4H3. The van der Waals surface area contributed by atoms with Crippen molar-refractivity contribution in [3.8, 4) is 0 Å². The summed E-state index contributed by atoms with van der Waals surface area (Å²) in [6.45, 7) is 5.54. The van der Waals surface area contributed by atoms with E-state index in [2.05, 4.69) is 0 Å². The molecular weight excluding hydrogens is 282 g/mol. The van der Waals surface area contributed by atoms with Gasteiger partial charge in [-0.1, -0.05) is 30.4 Å². The van der Waals surface area contributed by atoms with Crippen molar-refractivity contribution >= 4 is 23.8 Å². The number of benzene rings is 1. The van der Waals surface area contributed by atoms with Crippen LogP contribution in [-0.2, 0) is 14.3 Å². The Morgan fingerprint density at radius 1 is 1.27 bits per heavy atom. The van der Waals surface area contributed by atoms with E-state index in [4.69, 9.17) is 9.47 Å². The average molecular weight is 303 g/mol. The third-order valence-electron chi connectivity index (χ3n) is 3.85. The summed E-state index contributed by atoms with van der Waals surface area (Å²) in [6, 6.07) is 7.04. The lowest BCUT2D eigenvalue weighted by molar-refractivity contribution is -0.151. The number of methoxy groups -OCH3 is 1. The fourth-order valence-corrected chi connectivity index (χ4v) is 2.63. The topological polar surface area (TPSA) is 55.8 Å². The van der Waals surface area contributed by atoms with Crippen molar-refractivity contribution in [3.05, 3.63) is 35.9 Å². The highest BCUT2D eigenvalue weighted by Gasteiger charge is 2.44. The minimum Gasteiger partial charge on any atom is -0.469 e. The van der Waals surface area contributed by atoms with Crippen molar-refractivity contribution in [2.45, 2.75) is 26.8 Å². The Hall–Kier alpha value is -2.30. The van der Waals surface area contributed by atoms with Gasteiger partial charge in [0.05, 0.1) is 30.9 Å². The fraction of sp³-hybridized carbons (Fsp3) is 0.412. The number of para-hydroxylation sites is 1. The molecule has 1 aliphatic heterocycles. The van der Waals surface area contributed by atoms with Crippen molar-refractivity contribution in [2.24, 2.45) is 5.41 Å². The van der Waals surface area contributed by atoms with Gasteiger partial charge in [0.2, 0.25) is 0 Å². The van der Waals surface area contributed by atoms with E-state index in [9.17, 15) is 9.59 Å². The van der Waals surface area contributed by atoms with Crippen molar-refractivity contribution < 1.29 is 19.1 Å². The zero-order chi connectivity index (χ0) is 16.3. The van der Waals surface area contributed by atoms with Crippen LogP contribution in [0.5, 0.6) is 0 Å². The SMILES string of the molecule is CCOC(=O)N1c2ccccc2C=CC1C(C)(C)C(=O)OC. The summed E-state index contributed by atoms with van der Waals surface area (Å²) in [5.41, 5.74) is 0.740. The molecule has 1 aromatic rings. The van der Waals surface area contributed by atoms with E-state index in [0.29, 0.717) is 0 Å². The summed E-state index contributed by atoms with van der Waals surface area (Å²) in [5.74, 6) is -0.379. The van der Waals surface area contributed by atoms with Crippen LogP contribution in [0.25, 0.3) is 6.08 Å². The maximum Gasteiger partial charge on any atom is 0.414 e. The molecule has 118 valence electrons. The lowest BCUT2D eigenvalue weighted by atomic mass is 9.81. The smallest absolute Gasteiger partial charge is 0.414 e. The summed E-state index contributed by atoms with van der Waals surface area (Å²) in [4.78, 5) is 26.1. The fourth-order valence-electron chi connectivity index (χ4n) is 2.63. The van der Waals surface area contributed by atoms with Gasteiger partial charge in [-0.05, 0) is 32.4 Å². The number of fused-ring (bicyclic) bond motifs is 1. The van der Waals surface area contributed by atoms with Gasteiger partial charge in [-0.15, -0.1) is 0 Å². The van der Waals surface area contributed by atoms with E-state index in [0.717, 1.165) is 11.3 Å². The normalized spacial score (nSPS) is 16.9. The average Bonchev–Trinajstić information content (AvgIpc) is 2.52. The quantitative estimate of drug-likeness (QED) is 0.804. The molecule has 0 saturated heterocycles. The molecule has 1 aromatic carbocycles. The number of amides is 1. The first kappa shape index (κ1) is 16.1. The van der Waals surface area contributed by atoms with Gasteiger partial charge < -0.3 is 9.47 Å². The largest absolute Gasteiger partial charge is 0.469 e. The minimum atomic E-state index is -0.897. The molecule has 0 radical (unpaired) electrons. The van der Waals surface area contributed by atoms with Gasteiger partial charge in [0, 0.05) is 0 Å². The molecule has 0 bridgehead atoms. The summed E-state index contributed by atoms with van der Waals surface area (Å²) in [5, 5.41) is 0. The Morgan fingerprint density at radius 2 is 1.95 bits per heavy atom. The van der Waals surface area contributed by atoms with Crippen LogP contribution in [0.15, 0.2) is 30.3 Å². The Balaban J connectivity index is 2.50. The maximum atomic E-state index is 12.4. The first-order valence-electron chi connectivity index (χ1n) is 7.25. The molecule has 0 fully saturated rings. The van der Waals surface area contributed by atoms with E-state index < -0.39 is 17.6 Å². The highest BCUT2D eigenvalue weighted by molar-refractivity contribution is 5.95. The Labute approximate surface area is 130 Å². The number of ether oxygens (including phenoxy) is 2. The molecule has 2 rings (SSSR count). The van der Waals surface area contributed by atoms with Crippen molar-refractivity contribution in [2.75, 3.05) is 18.6 Å². The Morgan fingerprint density at radius 3 is 2.59 bits per heavy atom. The van der Waals surface area contributed by atoms with Gasteiger partial charge in [0.15, 0.2) is 0 Å². The molecule has 1 unspecified atom stereocenters. The summed E-state index contributed by atoms with van der Waals surface area (Å²) >= 11 is 0. The summed E-state index contributed by atoms with van der Waals surface area (Å²) < 4.78 is 10.1. The monoisotopic (exact) mass is 303 g/mol. The summed E-state index contributed by atoms with van der Waals surface area (Å²) in [7, 11) is 1.35. The lowest BCUT2D eigenvalue weighted by Crippen LogP contribution is -2.52. The van der Waals surface area contributed by atoms with Gasteiger partial charge >= 0.3 is 12.1 Å². The number of hydrogen-bond acceptors (Lipinski definition) is 4. The molecule has 1 atom stereocenters.